The van der Waals surface area contributed by atoms with E-state index in [1.165, 1.54) is 32.1 Å². The van der Waals surface area contributed by atoms with E-state index < -0.39 is 0 Å². The minimum absolute atomic E-state index is 0.227. The molecule has 0 bridgehead atoms. The van der Waals surface area contributed by atoms with Gasteiger partial charge in [-0.1, -0.05) is 19.8 Å². The van der Waals surface area contributed by atoms with Gasteiger partial charge >= 0.3 is 0 Å². The third kappa shape index (κ3) is 2.73. The summed E-state index contributed by atoms with van der Waals surface area (Å²) in [4.78, 5) is 7.20. The van der Waals surface area contributed by atoms with E-state index in [1.54, 1.807) is 6.33 Å². The first-order valence-electron chi connectivity index (χ1n) is 8.47. The number of nitrogens with zero attached hydrogens (tertiary/aromatic N) is 4. The fourth-order valence-electron chi connectivity index (χ4n) is 3.97. The summed E-state index contributed by atoms with van der Waals surface area (Å²) >= 11 is 0. The monoisotopic (exact) mass is 291 g/mol. The number of hydrogen-bond acceptors (Lipinski definition) is 4. The summed E-state index contributed by atoms with van der Waals surface area (Å²) in [6, 6.07) is 0. The lowest BCUT2D eigenvalue weighted by Gasteiger charge is -2.52. The molecule has 1 saturated carbocycles. The third-order valence-corrected chi connectivity index (χ3v) is 5.70. The molecule has 118 valence electrons. The van der Waals surface area contributed by atoms with Crippen LogP contribution >= 0.6 is 0 Å². The van der Waals surface area contributed by atoms with Crippen LogP contribution in [0, 0.1) is 0 Å². The Balaban J connectivity index is 1.83. The van der Waals surface area contributed by atoms with Crippen LogP contribution in [-0.2, 0) is 13.1 Å². The molecule has 21 heavy (non-hydrogen) atoms. The zero-order chi connectivity index (χ0) is 14.9. The summed E-state index contributed by atoms with van der Waals surface area (Å²) in [7, 11) is 0. The third-order valence-electron chi connectivity index (χ3n) is 5.70. The lowest BCUT2D eigenvalue weighted by molar-refractivity contribution is 0.00262. The molecule has 1 saturated heterocycles. The Bertz CT molecular complexity index is 477. The summed E-state index contributed by atoms with van der Waals surface area (Å²) in [5.41, 5.74) is 0.574. The van der Waals surface area contributed by atoms with Gasteiger partial charge in [0.15, 0.2) is 0 Å². The van der Waals surface area contributed by atoms with E-state index in [9.17, 15) is 0 Å². The van der Waals surface area contributed by atoms with Crippen molar-refractivity contribution in [3.05, 3.63) is 12.2 Å². The average molecular weight is 291 g/mol. The molecular formula is C16H29N5. The van der Waals surface area contributed by atoms with Crippen LogP contribution in [0.25, 0.3) is 0 Å². The van der Waals surface area contributed by atoms with Gasteiger partial charge in [0.1, 0.15) is 12.2 Å². The van der Waals surface area contributed by atoms with Crippen molar-refractivity contribution in [2.75, 3.05) is 13.1 Å². The Morgan fingerprint density at radius 2 is 2.05 bits per heavy atom. The van der Waals surface area contributed by atoms with Gasteiger partial charge in [-0.05, 0) is 33.1 Å². The van der Waals surface area contributed by atoms with Crippen molar-refractivity contribution in [3.8, 4) is 0 Å². The van der Waals surface area contributed by atoms with Gasteiger partial charge in [0, 0.05) is 30.7 Å². The molecule has 3 rings (SSSR count). The van der Waals surface area contributed by atoms with Crippen LogP contribution in [0.2, 0.25) is 0 Å². The van der Waals surface area contributed by atoms with Gasteiger partial charge in [-0.3, -0.25) is 4.90 Å². The molecule has 1 spiro atoms. The summed E-state index contributed by atoms with van der Waals surface area (Å²) in [5.74, 6) is 1.11. The molecule has 1 unspecified atom stereocenters. The molecule has 5 nitrogen and oxygen atoms in total. The molecule has 1 aromatic heterocycles. The molecule has 2 heterocycles. The van der Waals surface area contributed by atoms with Gasteiger partial charge in [-0.25, -0.2) is 9.67 Å². The topological polar surface area (TPSA) is 46.0 Å². The smallest absolute Gasteiger partial charge is 0.141 e. The Morgan fingerprint density at radius 3 is 2.71 bits per heavy atom. The number of aromatic nitrogens is 3. The molecule has 2 fully saturated rings. The van der Waals surface area contributed by atoms with Crippen molar-refractivity contribution >= 4 is 0 Å². The van der Waals surface area contributed by atoms with Crippen molar-refractivity contribution in [2.24, 2.45) is 0 Å². The van der Waals surface area contributed by atoms with Crippen LogP contribution in [0.5, 0.6) is 0 Å². The van der Waals surface area contributed by atoms with Crippen LogP contribution in [0.1, 0.15) is 58.7 Å². The van der Waals surface area contributed by atoms with Crippen LogP contribution in [0.15, 0.2) is 6.33 Å². The predicted molar refractivity (Wildman–Crippen MR) is 84.0 cm³/mol. The van der Waals surface area contributed by atoms with Gasteiger partial charge in [0.2, 0.25) is 0 Å². The molecule has 5 heteroatoms. The predicted octanol–water partition coefficient (Wildman–Crippen LogP) is 2.18. The van der Waals surface area contributed by atoms with Crippen molar-refractivity contribution < 1.29 is 0 Å². The fourth-order valence-corrected chi connectivity index (χ4v) is 3.97. The Hall–Kier alpha value is -0.940. The molecule has 0 aromatic carbocycles. The summed E-state index contributed by atoms with van der Waals surface area (Å²) < 4.78 is 2.04. The Labute approximate surface area is 128 Å². The molecule has 1 aromatic rings. The minimum Gasteiger partial charge on any atom is -0.308 e. The second-order valence-corrected chi connectivity index (χ2v) is 7.05. The molecule has 1 aliphatic carbocycles. The van der Waals surface area contributed by atoms with Crippen molar-refractivity contribution in [1.82, 2.24) is 25.0 Å². The first-order chi connectivity index (χ1) is 10.1. The first kappa shape index (κ1) is 15.0. The van der Waals surface area contributed by atoms with Crippen LogP contribution in [-0.4, -0.2) is 43.8 Å². The van der Waals surface area contributed by atoms with Gasteiger partial charge in [0.05, 0.1) is 6.54 Å². The second kappa shape index (κ2) is 5.69. The number of piperazine rings is 1. The number of nitrogens with one attached hydrogen (secondary N) is 1. The summed E-state index contributed by atoms with van der Waals surface area (Å²) in [6.45, 7) is 10.8. The lowest BCUT2D eigenvalue weighted by atomic mass is 9.85. The Morgan fingerprint density at radius 1 is 1.29 bits per heavy atom. The number of rotatable bonds is 4. The van der Waals surface area contributed by atoms with E-state index in [2.05, 4.69) is 41.1 Å². The SMILES string of the molecule is CCn1ncnc1CN1CC(C)(CC)NCC12CCCC2. The molecular weight excluding hydrogens is 262 g/mol. The maximum absolute atomic E-state index is 4.50. The largest absolute Gasteiger partial charge is 0.308 e. The van der Waals surface area contributed by atoms with Crippen LogP contribution in [0.4, 0.5) is 0 Å². The highest BCUT2D eigenvalue weighted by molar-refractivity contribution is 5.06. The molecule has 1 atom stereocenters. The molecule has 0 amide bonds. The highest BCUT2D eigenvalue weighted by atomic mass is 15.4. The standard InChI is InChI=1S/C16H29N5/c1-4-15(3)12-20(10-14-17-13-19-21(14)5-2)16(11-18-15)8-6-7-9-16/h13,18H,4-12H2,1-3H3. The van der Waals surface area contributed by atoms with E-state index >= 15 is 0 Å². The minimum atomic E-state index is 0.227. The molecule has 1 aliphatic heterocycles. The summed E-state index contributed by atoms with van der Waals surface area (Å²) in [6.07, 6.45) is 8.23. The fraction of sp³-hybridized carbons (Fsp3) is 0.875. The zero-order valence-electron chi connectivity index (χ0n) is 13.7. The molecule has 2 aliphatic rings. The maximum Gasteiger partial charge on any atom is 0.141 e. The second-order valence-electron chi connectivity index (χ2n) is 7.05. The zero-order valence-corrected chi connectivity index (χ0v) is 13.7. The average Bonchev–Trinajstić information content (AvgIpc) is 3.13. The lowest BCUT2D eigenvalue weighted by Crippen LogP contribution is -2.67. The van der Waals surface area contributed by atoms with Crippen molar-refractivity contribution in [3.63, 3.8) is 0 Å². The number of hydrogen-bond donors (Lipinski definition) is 1. The van der Waals surface area contributed by atoms with Crippen molar-refractivity contribution in [2.45, 2.75) is 77.0 Å². The van der Waals surface area contributed by atoms with Gasteiger partial charge in [0.25, 0.3) is 0 Å². The van der Waals surface area contributed by atoms with Gasteiger partial charge in [-0.2, -0.15) is 5.10 Å². The highest BCUT2D eigenvalue weighted by Gasteiger charge is 2.46. The van der Waals surface area contributed by atoms with Gasteiger partial charge < -0.3 is 5.32 Å². The first-order valence-corrected chi connectivity index (χ1v) is 8.47. The maximum atomic E-state index is 4.50. The quantitative estimate of drug-likeness (QED) is 0.923. The highest BCUT2D eigenvalue weighted by Crippen LogP contribution is 2.39. The summed E-state index contributed by atoms with van der Waals surface area (Å²) in [5, 5.41) is 8.17. The van der Waals surface area contributed by atoms with Crippen LogP contribution < -0.4 is 5.32 Å². The van der Waals surface area contributed by atoms with E-state index in [-0.39, 0.29) is 5.54 Å². The molecule has 1 N–H and O–H groups in total. The Kier molecular flexibility index (Phi) is 4.06. The van der Waals surface area contributed by atoms with Gasteiger partial charge in [-0.15, -0.1) is 0 Å². The van der Waals surface area contributed by atoms with E-state index in [0.29, 0.717) is 5.54 Å². The van der Waals surface area contributed by atoms with E-state index in [0.717, 1.165) is 32.0 Å². The van der Waals surface area contributed by atoms with E-state index in [1.807, 2.05) is 4.68 Å². The van der Waals surface area contributed by atoms with Crippen molar-refractivity contribution in [1.29, 1.82) is 0 Å². The number of aryl methyl sites for hydroxylation is 1. The molecule has 0 radical (unpaired) electrons. The normalized spacial score (nSPS) is 29.3. The van der Waals surface area contributed by atoms with Crippen LogP contribution in [0.3, 0.4) is 0 Å². The van der Waals surface area contributed by atoms with E-state index in [4.69, 9.17) is 0 Å².